The maximum Gasteiger partial charge on any atom is 0.222 e. The first-order valence-electron chi connectivity index (χ1n) is 9.25. The second-order valence-electron chi connectivity index (χ2n) is 6.62. The SMILES string of the molecule is CCNC(=NCC(C)c1c(C)noc1C)NCCCN1CCCC1=O.I. The molecule has 1 aliphatic rings. The minimum absolute atomic E-state index is 0. The lowest BCUT2D eigenvalue weighted by Crippen LogP contribution is -2.39. The van der Waals surface area contributed by atoms with Gasteiger partial charge in [0.2, 0.25) is 5.91 Å². The number of hydrogen-bond acceptors (Lipinski definition) is 4. The van der Waals surface area contributed by atoms with E-state index in [1.54, 1.807) is 0 Å². The van der Waals surface area contributed by atoms with Gasteiger partial charge >= 0.3 is 0 Å². The summed E-state index contributed by atoms with van der Waals surface area (Å²) < 4.78 is 5.25. The lowest BCUT2D eigenvalue weighted by atomic mass is 10.00. The van der Waals surface area contributed by atoms with Crippen LogP contribution >= 0.6 is 24.0 Å². The van der Waals surface area contributed by atoms with Crippen molar-refractivity contribution in [1.29, 1.82) is 0 Å². The van der Waals surface area contributed by atoms with Gasteiger partial charge in [-0.05, 0) is 33.6 Å². The minimum atomic E-state index is 0. The van der Waals surface area contributed by atoms with Gasteiger partial charge in [-0.15, -0.1) is 24.0 Å². The molecule has 0 saturated carbocycles. The molecule has 1 amide bonds. The number of likely N-dealkylation sites (tertiary alicyclic amines) is 1. The highest BCUT2D eigenvalue weighted by Gasteiger charge is 2.19. The molecule has 0 aromatic carbocycles. The van der Waals surface area contributed by atoms with Gasteiger partial charge in [-0.25, -0.2) is 0 Å². The van der Waals surface area contributed by atoms with Crippen molar-refractivity contribution < 1.29 is 9.32 Å². The minimum Gasteiger partial charge on any atom is -0.361 e. The van der Waals surface area contributed by atoms with E-state index in [0.29, 0.717) is 13.0 Å². The van der Waals surface area contributed by atoms with Crippen LogP contribution in [0, 0.1) is 13.8 Å². The number of aliphatic imine (C=N–C) groups is 1. The topological polar surface area (TPSA) is 82.8 Å². The van der Waals surface area contributed by atoms with Crippen LogP contribution in [0.3, 0.4) is 0 Å². The van der Waals surface area contributed by atoms with Crippen LogP contribution < -0.4 is 10.6 Å². The molecule has 1 saturated heterocycles. The zero-order chi connectivity index (χ0) is 18.2. The molecule has 148 valence electrons. The van der Waals surface area contributed by atoms with Crippen molar-refractivity contribution in [3.63, 3.8) is 0 Å². The van der Waals surface area contributed by atoms with E-state index in [4.69, 9.17) is 4.52 Å². The number of nitrogens with one attached hydrogen (secondary N) is 2. The summed E-state index contributed by atoms with van der Waals surface area (Å²) in [6, 6.07) is 0. The Kier molecular flexibility index (Phi) is 9.97. The van der Waals surface area contributed by atoms with Crippen LogP contribution in [-0.2, 0) is 4.79 Å². The van der Waals surface area contributed by atoms with Gasteiger partial charge in [0.25, 0.3) is 0 Å². The van der Waals surface area contributed by atoms with Crippen molar-refractivity contribution in [1.82, 2.24) is 20.7 Å². The Morgan fingerprint density at radius 2 is 2.15 bits per heavy atom. The number of nitrogens with zero attached hydrogens (tertiary/aromatic N) is 3. The number of rotatable bonds is 8. The fourth-order valence-electron chi connectivity index (χ4n) is 3.27. The summed E-state index contributed by atoms with van der Waals surface area (Å²) in [6.45, 7) is 12.1. The molecule has 0 radical (unpaired) electrons. The fraction of sp³-hybridized carbons (Fsp3) is 0.722. The number of carbonyl (C=O) groups excluding carboxylic acids is 1. The van der Waals surface area contributed by atoms with E-state index in [1.165, 1.54) is 0 Å². The monoisotopic (exact) mass is 477 g/mol. The van der Waals surface area contributed by atoms with Crippen molar-refractivity contribution in [2.75, 3.05) is 32.7 Å². The molecule has 0 bridgehead atoms. The number of halogens is 1. The van der Waals surface area contributed by atoms with Gasteiger partial charge in [0, 0.05) is 50.6 Å². The largest absolute Gasteiger partial charge is 0.361 e. The average Bonchev–Trinajstić information content (AvgIpc) is 3.14. The first kappa shape index (κ1) is 22.7. The molecule has 7 nitrogen and oxygen atoms in total. The van der Waals surface area contributed by atoms with Gasteiger partial charge in [-0.1, -0.05) is 12.1 Å². The second-order valence-corrected chi connectivity index (χ2v) is 6.62. The summed E-state index contributed by atoms with van der Waals surface area (Å²) >= 11 is 0. The predicted octanol–water partition coefficient (Wildman–Crippen LogP) is 2.58. The number of guanidine groups is 1. The Labute approximate surface area is 173 Å². The maximum absolute atomic E-state index is 11.6. The zero-order valence-corrected chi connectivity index (χ0v) is 18.6. The molecular formula is C18H32IN5O2. The fourth-order valence-corrected chi connectivity index (χ4v) is 3.27. The third-order valence-corrected chi connectivity index (χ3v) is 4.52. The summed E-state index contributed by atoms with van der Waals surface area (Å²) in [7, 11) is 0. The van der Waals surface area contributed by atoms with Crippen LogP contribution in [0.2, 0.25) is 0 Å². The zero-order valence-electron chi connectivity index (χ0n) is 16.3. The Morgan fingerprint density at radius 3 is 2.73 bits per heavy atom. The van der Waals surface area contributed by atoms with Crippen molar-refractivity contribution in [2.24, 2.45) is 4.99 Å². The normalized spacial score (nSPS) is 15.8. The maximum atomic E-state index is 11.6. The molecule has 0 aliphatic carbocycles. The number of carbonyl (C=O) groups is 1. The molecule has 26 heavy (non-hydrogen) atoms. The van der Waals surface area contributed by atoms with E-state index in [9.17, 15) is 4.79 Å². The Morgan fingerprint density at radius 1 is 1.38 bits per heavy atom. The molecule has 2 N–H and O–H groups in total. The molecule has 1 aromatic heterocycles. The van der Waals surface area contributed by atoms with Gasteiger partial charge in [0.15, 0.2) is 5.96 Å². The lowest BCUT2D eigenvalue weighted by Gasteiger charge is -2.17. The van der Waals surface area contributed by atoms with Crippen LogP contribution in [0.4, 0.5) is 0 Å². The van der Waals surface area contributed by atoms with Gasteiger partial charge in [-0.2, -0.15) is 0 Å². The van der Waals surface area contributed by atoms with Crippen molar-refractivity contribution >= 4 is 35.8 Å². The van der Waals surface area contributed by atoms with Gasteiger partial charge < -0.3 is 20.1 Å². The molecular weight excluding hydrogens is 445 g/mol. The van der Waals surface area contributed by atoms with E-state index in [1.807, 2.05) is 18.7 Å². The quantitative estimate of drug-likeness (QED) is 0.260. The lowest BCUT2D eigenvalue weighted by molar-refractivity contribution is -0.127. The molecule has 2 rings (SSSR count). The third kappa shape index (κ3) is 6.44. The molecule has 1 atom stereocenters. The summed E-state index contributed by atoms with van der Waals surface area (Å²) in [6.07, 6.45) is 2.63. The molecule has 1 aliphatic heterocycles. The molecule has 2 heterocycles. The first-order chi connectivity index (χ1) is 12.0. The highest BCUT2D eigenvalue weighted by Crippen LogP contribution is 2.23. The summed E-state index contributed by atoms with van der Waals surface area (Å²) in [4.78, 5) is 18.2. The van der Waals surface area contributed by atoms with Crippen molar-refractivity contribution in [3.05, 3.63) is 17.0 Å². The van der Waals surface area contributed by atoms with Crippen molar-refractivity contribution in [2.45, 2.75) is 52.9 Å². The van der Waals surface area contributed by atoms with Gasteiger partial charge in [0.1, 0.15) is 5.76 Å². The van der Waals surface area contributed by atoms with Crippen LogP contribution in [0.5, 0.6) is 0 Å². The Balaban J connectivity index is 0.00000338. The second kappa shape index (κ2) is 11.4. The van der Waals surface area contributed by atoms with Crippen LogP contribution in [0.25, 0.3) is 0 Å². The average molecular weight is 477 g/mol. The van der Waals surface area contributed by atoms with E-state index in [2.05, 4.69) is 34.6 Å². The standard InChI is InChI=1S/C18H31N5O2.HI/c1-5-19-18(20-9-7-11-23-10-6-8-16(23)24)21-12-13(2)17-14(3)22-25-15(17)4;/h13H,5-12H2,1-4H3,(H2,19,20,21);1H. The van der Waals surface area contributed by atoms with Crippen LogP contribution in [0.1, 0.15) is 56.0 Å². The number of hydrogen-bond donors (Lipinski definition) is 2. The highest BCUT2D eigenvalue weighted by molar-refractivity contribution is 14.0. The summed E-state index contributed by atoms with van der Waals surface area (Å²) in [5.41, 5.74) is 2.08. The first-order valence-corrected chi connectivity index (χ1v) is 9.25. The molecule has 1 unspecified atom stereocenters. The third-order valence-electron chi connectivity index (χ3n) is 4.52. The molecule has 8 heteroatoms. The molecule has 1 aromatic rings. The Bertz CT molecular complexity index is 583. The Hall–Kier alpha value is -1.32. The van der Waals surface area contributed by atoms with E-state index < -0.39 is 0 Å². The number of amides is 1. The van der Waals surface area contributed by atoms with Crippen LogP contribution in [-0.4, -0.2) is 54.6 Å². The summed E-state index contributed by atoms with van der Waals surface area (Å²) in [5, 5.41) is 10.6. The van der Waals surface area contributed by atoms with E-state index in [0.717, 1.165) is 62.0 Å². The summed E-state index contributed by atoms with van der Waals surface area (Å²) in [5.74, 6) is 2.22. The number of aryl methyl sites for hydroxylation is 2. The predicted molar refractivity (Wildman–Crippen MR) is 114 cm³/mol. The molecule has 0 spiro atoms. The van der Waals surface area contributed by atoms with Crippen LogP contribution in [0.15, 0.2) is 9.52 Å². The van der Waals surface area contributed by atoms with Gasteiger partial charge in [-0.3, -0.25) is 9.79 Å². The molecule has 1 fully saturated rings. The van der Waals surface area contributed by atoms with Gasteiger partial charge in [0.05, 0.1) is 5.69 Å². The van der Waals surface area contributed by atoms with E-state index >= 15 is 0 Å². The number of aromatic nitrogens is 1. The van der Waals surface area contributed by atoms with E-state index in [-0.39, 0.29) is 35.8 Å². The highest BCUT2D eigenvalue weighted by atomic mass is 127. The van der Waals surface area contributed by atoms with Crippen molar-refractivity contribution in [3.8, 4) is 0 Å². The smallest absolute Gasteiger partial charge is 0.222 e.